The molecule has 0 amide bonds. The summed E-state index contributed by atoms with van der Waals surface area (Å²) in [4.78, 5) is 7.32. The van der Waals surface area contributed by atoms with Crippen molar-refractivity contribution in [3.05, 3.63) is 36.0 Å². The predicted octanol–water partition coefficient (Wildman–Crippen LogP) is 2.36. The Balaban J connectivity index is 1.78. The lowest BCUT2D eigenvalue weighted by Crippen LogP contribution is -2.37. The van der Waals surface area contributed by atoms with Crippen LogP contribution in [0.15, 0.2) is 30.5 Å². The average Bonchev–Trinajstić information content (AvgIpc) is 3.27. The van der Waals surface area contributed by atoms with Crippen LogP contribution < -0.4 is 20.3 Å². The van der Waals surface area contributed by atoms with E-state index in [0.29, 0.717) is 31.4 Å². The fourth-order valence-corrected chi connectivity index (χ4v) is 4.00. The molecule has 9 heteroatoms. The summed E-state index contributed by atoms with van der Waals surface area (Å²) in [6, 6.07) is 8.05. The fourth-order valence-electron chi connectivity index (χ4n) is 4.00. The molecule has 33 heavy (non-hydrogen) atoms. The molecule has 1 aromatic carbocycles. The van der Waals surface area contributed by atoms with Crippen LogP contribution in [0.25, 0.3) is 16.9 Å². The zero-order chi connectivity index (χ0) is 23.4. The van der Waals surface area contributed by atoms with Gasteiger partial charge in [0.1, 0.15) is 24.3 Å². The normalized spacial score (nSPS) is 15.3. The van der Waals surface area contributed by atoms with E-state index in [0.717, 1.165) is 47.1 Å². The van der Waals surface area contributed by atoms with Crippen LogP contribution in [0.4, 0.5) is 11.5 Å². The van der Waals surface area contributed by atoms with Crippen LogP contribution in [0.5, 0.6) is 5.75 Å². The van der Waals surface area contributed by atoms with Crippen molar-refractivity contribution < 1.29 is 14.6 Å². The van der Waals surface area contributed by atoms with E-state index in [1.807, 2.05) is 29.9 Å². The zero-order valence-corrected chi connectivity index (χ0v) is 19.8. The summed E-state index contributed by atoms with van der Waals surface area (Å²) < 4.78 is 13.4. The van der Waals surface area contributed by atoms with Gasteiger partial charge in [0.25, 0.3) is 0 Å². The number of likely N-dealkylation sites (N-methyl/N-ethyl adjacent to an activating group) is 1. The molecule has 1 fully saturated rings. The highest BCUT2D eigenvalue weighted by Crippen LogP contribution is 2.32. The summed E-state index contributed by atoms with van der Waals surface area (Å²) in [5, 5.41) is 20.9. The van der Waals surface area contributed by atoms with E-state index in [1.54, 1.807) is 7.05 Å². The van der Waals surface area contributed by atoms with Crippen molar-refractivity contribution >= 4 is 17.2 Å². The van der Waals surface area contributed by atoms with Crippen molar-refractivity contribution in [2.45, 2.75) is 25.9 Å². The summed E-state index contributed by atoms with van der Waals surface area (Å²) in [6.45, 7) is 8.00. The molecule has 0 aliphatic carbocycles. The molecule has 0 bridgehead atoms. The molecule has 3 aromatic rings. The van der Waals surface area contributed by atoms with Gasteiger partial charge in [-0.15, -0.1) is 0 Å². The van der Waals surface area contributed by atoms with Crippen molar-refractivity contribution in [3.8, 4) is 17.0 Å². The van der Waals surface area contributed by atoms with Crippen LogP contribution in [0.2, 0.25) is 0 Å². The molecule has 2 aromatic heterocycles. The van der Waals surface area contributed by atoms with Crippen LogP contribution in [-0.4, -0.2) is 79.4 Å². The number of benzene rings is 1. The number of nitrogens with zero attached hydrogens (tertiary/aromatic N) is 4. The van der Waals surface area contributed by atoms with Gasteiger partial charge in [0.05, 0.1) is 25.1 Å². The molecule has 1 saturated heterocycles. The molecule has 0 radical (unpaired) electrons. The number of ether oxygens (including phenoxy) is 2. The number of hydrogen-bond donors (Lipinski definition) is 3. The van der Waals surface area contributed by atoms with Gasteiger partial charge in [-0.25, -0.2) is 4.98 Å². The van der Waals surface area contributed by atoms with E-state index < -0.39 is 6.10 Å². The minimum absolute atomic E-state index is 0.207. The molecule has 3 heterocycles. The molecular formula is C24H34N6O3. The van der Waals surface area contributed by atoms with Gasteiger partial charge in [-0.2, -0.15) is 9.61 Å². The van der Waals surface area contributed by atoms with Gasteiger partial charge in [0.2, 0.25) is 0 Å². The maximum Gasteiger partial charge on any atom is 0.161 e. The zero-order valence-electron chi connectivity index (χ0n) is 19.8. The number of rotatable bonds is 9. The number of hydrogen-bond acceptors (Lipinski definition) is 8. The Morgan fingerprint density at radius 3 is 2.64 bits per heavy atom. The Labute approximate surface area is 194 Å². The maximum absolute atomic E-state index is 10.0. The standard InChI is InChI=1S/C24H34N6O3/c1-16(2)21-14-27-30-23(29-5-7-32-8-6-29)12-22(28-24(21)30)17-9-18(26-4)11-20(10-17)33-15-19(31)13-25-3/h9-12,14,16,19,25-26,31H,5-8,13,15H2,1-4H3. The highest BCUT2D eigenvalue weighted by molar-refractivity contribution is 5.73. The van der Waals surface area contributed by atoms with E-state index in [1.165, 1.54) is 0 Å². The van der Waals surface area contributed by atoms with Gasteiger partial charge in [-0.05, 0) is 25.1 Å². The first-order valence-electron chi connectivity index (χ1n) is 11.5. The largest absolute Gasteiger partial charge is 0.491 e. The van der Waals surface area contributed by atoms with Crippen molar-refractivity contribution in [2.24, 2.45) is 0 Å². The summed E-state index contributed by atoms with van der Waals surface area (Å²) in [7, 11) is 3.68. The third-order valence-electron chi connectivity index (χ3n) is 5.81. The van der Waals surface area contributed by atoms with Crippen molar-refractivity contribution in [1.29, 1.82) is 0 Å². The second kappa shape index (κ2) is 10.4. The molecule has 9 nitrogen and oxygen atoms in total. The van der Waals surface area contributed by atoms with Crippen LogP contribution in [0.1, 0.15) is 25.3 Å². The number of aromatic nitrogens is 3. The quantitative estimate of drug-likeness (QED) is 0.454. The van der Waals surface area contributed by atoms with Gasteiger partial charge in [-0.1, -0.05) is 13.8 Å². The van der Waals surface area contributed by atoms with Crippen molar-refractivity contribution in [1.82, 2.24) is 19.9 Å². The average molecular weight is 455 g/mol. The molecule has 3 N–H and O–H groups in total. The third kappa shape index (κ3) is 5.21. The van der Waals surface area contributed by atoms with Crippen LogP contribution >= 0.6 is 0 Å². The maximum atomic E-state index is 10.0. The van der Waals surface area contributed by atoms with E-state index in [4.69, 9.17) is 14.5 Å². The molecule has 1 aliphatic rings. The molecule has 4 rings (SSSR count). The summed E-state index contributed by atoms with van der Waals surface area (Å²) in [5.41, 5.74) is 4.68. The summed E-state index contributed by atoms with van der Waals surface area (Å²) in [6.07, 6.45) is 1.34. The van der Waals surface area contributed by atoms with E-state index in [2.05, 4.69) is 46.6 Å². The summed E-state index contributed by atoms with van der Waals surface area (Å²) in [5.74, 6) is 1.99. The number of fused-ring (bicyclic) bond motifs is 1. The lowest BCUT2D eigenvalue weighted by molar-refractivity contribution is 0.108. The molecule has 1 aliphatic heterocycles. The first kappa shape index (κ1) is 23.3. The Hall–Kier alpha value is -2.88. The van der Waals surface area contributed by atoms with Crippen LogP contribution in [-0.2, 0) is 4.74 Å². The molecule has 1 unspecified atom stereocenters. The Bertz CT molecular complexity index is 1080. The lowest BCUT2D eigenvalue weighted by Gasteiger charge is -2.29. The molecule has 1 atom stereocenters. The molecule has 0 saturated carbocycles. The van der Waals surface area contributed by atoms with Gasteiger partial charge < -0.3 is 30.1 Å². The number of morpholine rings is 1. The molecule has 178 valence electrons. The Kier molecular flexibility index (Phi) is 7.32. The predicted molar refractivity (Wildman–Crippen MR) is 131 cm³/mol. The monoisotopic (exact) mass is 454 g/mol. The van der Waals surface area contributed by atoms with Crippen molar-refractivity contribution in [2.75, 3.05) is 63.8 Å². The van der Waals surface area contributed by atoms with Crippen molar-refractivity contribution in [3.63, 3.8) is 0 Å². The van der Waals surface area contributed by atoms with Gasteiger partial charge in [0, 0.05) is 55.6 Å². The lowest BCUT2D eigenvalue weighted by atomic mass is 10.1. The first-order chi connectivity index (χ1) is 16.0. The number of nitrogens with one attached hydrogen (secondary N) is 2. The number of aliphatic hydroxyl groups is 1. The highest BCUT2D eigenvalue weighted by atomic mass is 16.5. The van der Waals surface area contributed by atoms with Gasteiger partial charge >= 0.3 is 0 Å². The minimum Gasteiger partial charge on any atom is -0.491 e. The smallest absolute Gasteiger partial charge is 0.161 e. The first-order valence-corrected chi connectivity index (χ1v) is 11.5. The third-order valence-corrected chi connectivity index (χ3v) is 5.81. The second-order valence-electron chi connectivity index (χ2n) is 8.61. The van der Waals surface area contributed by atoms with E-state index >= 15 is 0 Å². The summed E-state index contributed by atoms with van der Waals surface area (Å²) >= 11 is 0. The van der Waals surface area contributed by atoms with Crippen LogP contribution in [0.3, 0.4) is 0 Å². The van der Waals surface area contributed by atoms with Crippen LogP contribution in [0, 0.1) is 0 Å². The highest BCUT2D eigenvalue weighted by Gasteiger charge is 2.20. The SMILES string of the molecule is CNCC(O)COc1cc(NC)cc(-c2cc(N3CCOCC3)n3ncc(C(C)C)c3n2)c1. The van der Waals surface area contributed by atoms with Gasteiger partial charge in [0.15, 0.2) is 5.65 Å². The Morgan fingerprint density at radius 2 is 1.94 bits per heavy atom. The fraction of sp³-hybridized carbons (Fsp3) is 0.500. The second-order valence-corrected chi connectivity index (χ2v) is 8.61. The van der Waals surface area contributed by atoms with E-state index in [-0.39, 0.29) is 6.61 Å². The molecular weight excluding hydrogens is 420 g/mol. The number of anilines is 2. The van der Waals surface area contributed by atoms with E-state index in [9.17, 15) is 5.11 Å². The van der Waals surface area contributed by atoms with Gasteiger partial charge in [-0.3, -0.25) is 0 Å². The topological polar surface area (TPSA) is 96.2 Å². The minimum atomic E-state index is -0.584. The molecule has 0 spiro atoms. The number of aliphatic hydroxyl groups excluding tert-OH is 1. The Morgan fingerprint density at radius 1 is 1.15 bits per heavy atom.